The number of anilines is 1. The summed E-state index contributed by atoms with van der Waals surface area (Å²) >= 11 is 0. The molecule has 102 valence electrons. The van der Waals surface area contributed by atoms with Gasteiger partial charge in [0.2, 0.25) is 16.0 Å². The molecule has 0 bridgehead atoms. The third-order valence-electron chi connectivity index (χ3n) is 2.88. The fourth-order valence-electron chi connectivity index (χ4n) is 1.79. The Hall–Kier alpha value is -1.89. The number of aromatic nitrogens is 2. The summed E-state index contributed by atoms with van der Waals surface area (Å²) in [7, 11) is -1.88. The first-order valence-corrected chi connectivity index (χ1v) is 7.37. The number of hydrogen-bond acceptors (Lipinski definition) is 5. The lowest BCUT2D eigenvalue weighted by Crippen LogP contribution is -2.23. The van der Waals surface area contributed by atoms with Gasteiger partial charge in [0.05, 0.1) is 16.3 Å². The monoisotopic (exact) mass is 280 g/mol. The van der Waals surface area contributed by atoms with Crippen LogP contribution in [0.15, 0.2) is 18.2 Å². The zero-order valence-electron chi connectivity index (χ0n) is 11.0. The molecule has 0 amide bonds. The highest BCUT2D eigenvalue weighted by molar-refractivity contribution is 7.90. The maximum atomic E-state index is 12.4. The van der Waals surface area contributed by atoms with E-state index in [-0.39, 0.29) is 5.95 Å². The van der Waals surface area contributed by atoms with Crippen molar-refractivity contribution in [3.05, 3.63) is 23.8 Å². The predicted molar refractivity (Wildman–Crippen MR) is 76.6 cm³/mol. The molecule has 0 aliphatic heterocycles. The molecule has 1 heterocycles. The summed E-state index contributed by atoms with van der Waals surface area (Å²) in [6.45, 7) is 3.25. The Bertz CT molecular complexity index is 732. The third-order valence-corrected chi connectivity index (χ3v) is 4.95. The Labute approximate surface area is 112 Å². The van der Waals surface area contributed by atoms with Gasteiger partial charge in [-0.2, -0.15) is 0 Å². The van der Waals surface area contributed by atoms with Crippen LogP contribution in [-0.2, 0) is 10.0 Å². The summed E-state index contributed by atoms with van der Waals surface area (Å²) in [6.07, 6.45) is 1.18. The maximum absolute atomic E-state index is 12.4. The SMILES string of the molecule is CNc1nc2ccc(C=N)cc2n1S(=O)(=O)C(C)C. The van der Waals surface area contributed by atoms with Crippen LogP contribution in [-0.4, -0.2) is 35.9 Å². The molecule has 19 heavy (non-hydrogen) atoms. The zero-order chi connectivity index (χ0) is 14.2. The van der Waals surface area contributed by atoms with Gasteiger partial charge in [-0.25, -0.2) is 17.4 Å². The molecule has 1 aromatic carbocycles. The van der Waals surface area contributed by atoms with Crippen molar-refractivity contribution < 1.29 is 8.42 Å². The van der Waals surface area contributed by atoms with Crippen LogP contribution in [0.2, 0.25) is 0 Å². The van der Waals surface area contributed by atoms with E-state index >= 15 is 0 Å². The fourth-order valence-corrected chi connectivity index (χ4v) is 3.00. The van der Waals surface area contributed by atoms with Crippen molar-refractivity contribution in [2.24, 2.45) is 0 Å². The molecular weight excluding hydrogens is 264 g/mol. The number of hydrogen-bond donors (Lipinski definition) is 2. The van der Waals surface area contributed by atoms with E-state index < -0.39 is 15.3 Å². The molecule has 7 heteroatoms. The number of imidazole rings is 1. The van der Waals surface area contributed by atoms with Crippen LogP contribution in [0.4, 0.5) is 5.95 Å². The lowest BCUT2D eigenvalue weighted by molar-refractivity contribution is 0.580. The first-order valence-electron chi connectivity index (χ1n) is 5.87. The van der Waals surface area contributed by atoms with Crippen molar-refractivity contribution in [2.45, 2.75) is 19.1 Å². The smallest absolute Gasteiger partial charge is 0.244 e. The van der Waals surface area contributed by atoms with Gasteiger partial charge < -0.3 is 10.7 Å². The summed E-state index contributed by atoms with van der Waals surface area (Å²) in [5.74, 6) is 0.283. The van der Waals surface area contributed by atoms with E-state index in [0.29, 0.717) is 16.6 Å². The van der Waals surface area contributed by atoms with Gasteiger partial charge in [0.25, 0.3) is 0 Å². The lowest BCUT2D eigenvalue weighted by atomic mass is 10.2. The third kappa shape index (κ3) is 2.10. The molecule has 0 aliphatic carbocycles. The quantitative estimate of drug-likeness (QED) is 0.834. The molecule has 0 saturated heterocycles. The highest BCUT2D eigenvalue weighted by atomic mass is 32.2. The molecular formula is C12H16N4O2S. The van der Waals surface area contributed by atoms with Crippen molar-refractivity contribution in [1.29, 1.82) is 5.41 Å². The average molecular weight is 280 g/mol. The highest BCUT2D eigenvalue weighted by Crippen LogP contribution is 2.24. The van der Waals surface area contributed by atoms with E-state index in [0.717, 1.165) is 0 Å². The van der Waals surface area contributed by atoms with E-state index in [1.54, 1.807) is 39.1 Å². The summed E-state index contributed by atoms with van der Waals surface area (Å²) in [4.78, 5) is 4.25. The second kappa shape index (κ2) is 4.65. The number of benzene rings is 1. The van der Waals surface area contributed by atoms with Crippen LogP contribution in [0.1, 0.15) is 19.4 Å². The Morgan fingerprint density at radius 2 is 2.11 bits per heavy atom. The van der Waals surface area contributed by atoms with Crippen LogP contribution in [0.3, 0.4) is 0 Å². The number of nitrogens with one attached hydrogen (secondary N) is 2. The number of fused-ring (bicyclic) bond motifs is 1. The number of nitrogens with zero attached hydrogens (tertiary/aromatic N) is 2. The fraction of sp³-hybridized carbons (Fsp3) is 0.333. The molecule has 0 atom stereocenters. The van der Waals surface area contributed by atoms with Gasteiger partial charge >= 0.3 is 0 Å². The van der Waals surface area contributed by atoms with Gasteiger partial charge in [-0.05, 0) is 31.5 Å². The van der Waals surface area contributed by atoms with E-state index in [1.807, 2.05) is 0 Å². The Morgan fingerprint density at radius 1 is 1.42 bits per heavy atom. The second-order valence-electron chi connectivity index (χ2n) is 4.44. The molecule has 1 aromatic heterocycles. The van der Waals surface area contributed by atoms with E-state index in [4.69, 9.17) is 5.41 Å². The maximum Gasteiger partial charge on any atom is 0.244 e. The van der Waals surface area contributed by atoms with Gasteiger partial charge in [-0.15, -0.1) is 0 Å². The van der Waals surface area contributed by atoms with Crippen molar-refractivity contribution >= 4 is 33.2 Å². The van der Waals surface area contributed by atoms with E-state index in [9.17, 15) is 8.42 Å². The minimum atomic E-state index is -3.51. The number of rotatable bonds is 4. The molecule has 0 spiro atoms. The first-order chi connectivity index (χ1) is 8.91. The molecule has 6 nitrogen and oxygen atoms in total. The van der Waals surface area contributed by atoms with Crippen molar-refractivity contribution in [3.8, 4) is 0 Å². The Kier molecular flexibility index (Phi) is 3.32. The Morgan fingerprint density at radius 3 is 2.63 bits per heavy atom. The van der Waals surface area contributed by atoms with Crippen LogP contribution < -0.4 is 5.32 Å². The summed E-state index contributed by atoms with van der Waals surface area (Å²) in [5.41, 5.74) is 1.70. The first kappa shape index (κ1) is 13.5. The molecule has 2 aromatic rings. The molecule has 2 N–H and O–H groups in total. The molecule has 2 rings (SSSR count). The lowest BCUT2D eigenvalue weighted by Gasteiger charge is -2.12. The second-order valence-corrected chi connectivity index (χ2v) is 6.77. The average Bonchev–Trinajstić information content (AvgIpc) is 2.76. The minimum Gasteiger partial charge on any atom is -0.358 e. The van der Waals surface area contributed by atoms with Crippen molar-refractivity contribution in [3.63, 3.8) is 0 Å². The van der Waals surface area contributed by atoms with Crippen LogP contribution >= 0.6 is 0 Å². The predicted octanol–water partition coefficient (Wildman–Crippen LogP) is 1.66. The standard InChI is InChI=1S/C12H16N4O2S/c1-8(2)19(17,18)16-11-6-9(7-13)4-5-10(11)15-12(16)14-3/h4-8,13H,1-3H3,(H,14,15). The minimum absolute atomic E-state index is 0.283. The van der Waals surface area contributed by atoms with Crippen LogP contribution in [0.5, 0.6) is 0 Å². The normalized spacial score (nSPS) is 12.0. The van der Waals surface area contributed by atoms with Crippen molar-refractivity contribution in [2.75, 3.05) is 12.4 Å². The van der Waals surface area contributed by atoms with Crippen molar-refractivity contribution in [1.82, 2.24) is 8.96 Å². The molecule has 0 unspecified atom stereocenters. The summed E-state index contributed by atoms with van der Waals surface area (Å²) < 4.78 is 26.0. The largest absolute Gasteiger partial charge is 0.358 e. The highest BCUT2D eigenvalue weighted by Gasteiger charge is 2.25. The van der Waals surface area contributed by atoms with Crippen LogP contribution in [0, 0.1) is 5.41 Å². The van der Waals surface area contributed by atoms with Gasteiger partial charge in [0, 0.05) is 13.3 Å². The summed E-state index contributed by atoms with van der Waals surface area (Å²) in [5, 5.41) is 9.51. The van der Waals surface area contributed by atoms with Gasteiger partial charge in [0.1, 0.15) is 0 Å². The van der Waals surface area contributed by atoms with Gasteiger partial charge in [-0.1, -0.05) is 6.07 Å². The molecule has 0 saturated carbocycles. The molecule has 0 radical (unpaired) electrons. The van der Waals surface area contributed by atoms with E-state index in [1.165, 1.54) is 10.2 Å². The molecule has 0 aliphatic rings. The van der Waals surface area contributed by atoms with Gasteiger partial charge in [-0.3, -0.25) is 0 Å². The van der Waals surface area contributed by atoms with Crippen LogP contribution in [0.25, 0.3) is 11.0 Å². The Balaban J connectivity index is 2.87. The molecule has 0 fully saturated rings. The van der Waals surface area contributed by atoms with E-state index in [2.05, 4.69) is 10.3 Å². The topological polar surface area (TPSA) is 87.8 Å². The van der Waals surface area contributed by atoms with Gasteiger partial charge in [0.15, 0.2) is 0 Å². The zero-order valence-corrected chi connectivity index (χ0v) is 11.8. The summed E-state index contributed by atoms with van der Waals surface area (Å²) in [6, 6.07) is 5.09.